The molecule has 1 rings (SSSR count). The summed E-state index contributed by atoms with van der Waals surface area (Å²) in [4.78, 5) is 11.7. The van der Waals surface area contributed by atoms with Gasteiger partial charge in [-0.25, -0.2) is 4.79 Å². The van der Waals surface area contributed by atoms with Gasteiger partial charge < -0.3 is 9.47 Å². The number of hydrogen-bond acceptors (Lipinski definition) is 3. The average Bonchev–Trinajstić information content (AvgIpc) is 2.18. The third-order valence-electron chi connectivity index (χ3n) is 2.07. The summed E-state index contributed by atoms with van der Waals surface area (Å²) in [5.74, 6) is -0.294. The lowest BCUT2D eigenvalue weighted by Crippen LogP contribution is -2.20. The smallest absolute Gasteiger partial charge is 0.338 e. The van der Waals surface area contributed by atoms with Crippen LogP contribution in [0.2, 0.25) is 0 Å². The third-order valence-corrected chi connectivity index (χ3v) is 2.07. The van der Waals surface area contributed by atoms with Crippen LogP contribution in [0.3, 0.4) is 0 Å². The summed E-state index contributed by atoms with van der Waals surface area (Å²) in [6.45, 7) is 4.11. The van der Waals surface area contributed by atoms with Crippen LogP contribution in [0.15, 0.2) is 24.3 Å². The van der Waals surface area contributed by atoms with Gasteiger partial charge in [-0.15, -0.1) is 0 Å². The molecular formula is C12H16O3. The van der Waals surface area contributed by atoms with Crippen molar-refractivity contribution in [2.45, 2.75) is 20.0 Å². The number of esters is 1. The summed E-state index contributed by atoms with van der Waals surface area (Å²) < 4.78 is 10.1. The van der Waals surface area contributed by atoms with Crippen LogP contribution in [0.4, 0.5) is 0 Å². The first-order chi connectivity index (χ1) is 7.15. The highest BCUT2D eigenvalue weighted by atomic mass is 16.6. The number of methoxy groups -OCH3 is 1. The fourth-order valence-corrected chi connectivity index (χ4v) is 1.32. The Balaban J connectivity index is 2.65. The minimum absolute atomic E-state index is 0.220. The van der Waals surface area contributed by atoms with Crippen molar-refractivity contribution in [2.24, 2.45) is 0 Å². The van der Waals surface area contributed by atoms with E-state index in [1.54, 1.807) is 20.1 Å². The third kappa shape index (κ3) is 3.36. The number of hydrogen-bond donors (Lipinski definition) is 0. The first-order valence-electron chi connectivity index (χ1n) is 4.90. The number of rotatable bonds is 4. The van der Waals surface area contributed by atoms with Crippen LogP contribution in [0.25, 0.3) is 0 Å². The van der Waals surface area contributed by atoms with Gasteiger partial charge in [-0.05, 0) is 25.5 Å². The summed E-state index contributed by atoms with van der Waals surface area (Å²) in [6.07, 6.45) is -0.220. The van der Waals surface area contributed by atoms with Crippen molar-refractivity contribution < 1.29 is 14.3 Å². The van der Waals surface area contributed by atoms with Gasteiger partial charge in [0.25, 0.3) is 0 Å². The van der Waals surface area contributed by atoms with E-state index in [1.807, 2.05) is 25.1 Å². The van der Waals surface area contributed by atoms with Gasteiger partial charge in [0.2, 0.25) is 0 Å². The first kappa shape index (κ1) is 11.7. The summed E-state index contributed by atoms with van der Waals surface area (Å²) in [6, 6.07) is 7.37. The molecule has 0 aliphatic rings. The van der Waals surface area contributed by atoms with Gasteiger partial charge in [0.05, 0.1) is 12.2 Å². The molecule has 0 heterocycles. The SMILES string of the molecule is COCC(C)OC(=O)c1ccccc1C. The lowest BCUT2D eigenvalue weighted by Gasteiger charge is -2.12. The highest BCUT2D eigenvalue weighted by Crippen LogP contribution is 2.09. The Labute approximate surface area is 90.0 Å². The molecular weight excluding hydrogens is 192 g/mol. The van der Waals surface area contributed by atoms with E-state index < -0.39 is 0 Å². The van der Waals surface area contributed by atoms with Crippen LogP contribution < -0.4 is 0 Å². The number of carbonyl (C=O) groups is 1. The summed E-state index contributed by atoms with van der Waals surface area (Å²) in [5.41, 5.74) is 1.53. The Morgan fingerprint density at radius 3 is 2.67 bits per heavy atom. The maximum atomic E-state index is 11.7. The molecule has 0 amide bonds. The number of aryl methyl sites for hydroxylation is 1. The molecule has 1 aromatic carbocycles. The molecule has 82 valence electrons. The van der Waals surface area contributed by atoms with Crippen molar-refractivity contribution in [1.82, 2.24) is 0 Å². The Bertz CT molecular complexity index is 333. The van der Waals surface area contributed by atoms with Gasteiger partial charge in [0.15, 0.2) is 0 Å². The Morgan fingerprint density at radius 2 is 2.07 bits per heavy atom. The number of benzene rings is 1. The molecule has 0 N–H and O–H groups in total. The normalized spacial score (nSPS) is 12.2. The van der Waals surface area contributed by atoms with Crippen LogP contribution >= 0.6 is 0 Å². The summed E-state index contributed by atoms with van der Waals surface area (Å²) >= 11 is 0. The van der Waals surface area contributed by atoms with Gasteiger partial charge in [-0.3, -0.25) is 0 Å². The highest BCUT2D eigenvalue weighted by Gasteiger charge is 2.13. The van der Waals surface area contributed by atoms with Crippen molar-refractivity contribution in [2.75, 3.05) is 13.7 Å². The van der Waals surface area contributed by atoms with Crippen LogP contribution in [-0.2, 0) is 9.47 Å². The van der Waals surface area contributed by atoms with Gasteiger partial charge in [-0.1, -0.05) is 18.2 Å². The fourth-order valence-electron chi connectivity index (χ4n) is 1.32. The van der Waals surface area contributed by atoms with E-state index in [0.717, 1.165) is 5.56 Å². The minimum Gasteiger partial charge on any atom is -0.457 e. The summed E-state index contributed by atoms with van der Waals surface area (Å²) in [7, 11) is 1.58. The van der Waals surface area contributed by atoms with Gasteiger partial charge >= 0.3 is 5.97 Å². The molecule has 0 aromatic heterocycles. The molecule has 1 unspecified atom stereocenters. The van der Waals surface area contributed by atoms with Gasteiger partial charge in [0.1, 0.15) is 6.10 Å². The Kier molecular flexibility index (Phi) is 4.31. The lowest BCUT2D eigenvalue weighted by molar-refractivity contribution is 0.0119. The second-order valence-electron chi connectivity index (χ2n) is 3.49. The van der Waals surface area contributed by atoms with E-state index in [4.69, 9.17) is 9.47 Å². The van der Waals surface area contributed by atoms with Crippen LogP contribution in [-0.4, -0.2) is 25.8 Å². The quantitative estimate of drug-likeness (QED) is 0.711. The van der Waals surface area contributed by atoms with E-state index in [2.05, 4.69) is 0 Å². The molecule has 0 radical (unpaired) electrons. The second-order valence-corrected chi connectivity index (χ2v) is 3.49. The zero-order chi connectivity index (χ0) is 11.3. The van der Waals surface area contributed by atoms with Crippen LogP contribution in [0.5, 0.6) is 0 Å². The standard InChI is InChI=1S/C12H16O3/c1-9-6-4-5-7-11(9)12(13)15-10(2)8-14-3/h4-7,10H,8H2,1-3H3. The minimum atomic E-state index is -0.294. The number of carbonyl (C=O) groups excluding carboxylic acids is 1. The van der Waals surface area contributed by atoms with Crippen molar-refractivity contribution in [3.8, 4) is 0 Å². The van der Waals surface area contributed by atoms with Crippen molar-refractivity contribution >= 4 is 5.97 Å². The predicted octanol–water partition coefficient (Wildman–Crippen LogP) is 2.19. The molecule has 0 aliphatic heterocycles. The predicted molar refractivity (Wildman–Crippen MR) is 57.9 cm³/mol. The molecule has 0 saturated heterocycles. The zero-order valence-corrected chi connectivity index (χ0v) is 9.32. The second kappa shape index (κ2) is 5.51. The van der Waals surface area contributed by atoms with Crippen LogP contribution in [0, 0.1) is 6.92 Å². The summed E-state index contributed by atoms with van der Waals surface area (Å²) in [5, 5.41) is 0. The van der Waals surface area contributed by atoms with Gasteiger partial charge in [0, 0.05) is 7.11 Å². The highest BCUT2D eigenvalue weighted by molar-refractivity contribution is 5.91. The molecule has 3 nitrogen and oxygen atoms in total. The molecule has 15 heavy (non-hydrogen) atoms. The maximum Gasteiger partial charge on any atom is 0.338 e. The fraction of sp³-hybridized carbons (Fsp3) is 0.417. The molecule has 0 spiro atoms. The molecule has 0 bridgehead atoms. The van der Waals surface area contributed by atoms with Gasteiger partial charge in [-0.2, -0.15) is 0 Å². The lowest BCUT2D eigenvalue weighted by atomic mass is 10.1. The monoisotopic (exact) mass is 208 g/mol. The largest absolute Gasteiger partial charge is 0.457 e. The van der Waals surface area contributed by atoms with Crippen LogP contribution in [0.1, 0.15) is 22.8 Å². The molecule has 0 fully saturated rings. The molecule has 0 saturated carbocycles. The Morgan fingerprint density at radius 1 is 1.40 bits per heavy atom. The maximum absolute atomic E-state index is 11.7. The van der Waals surface area contributed by atoms with Crippen molar-refractivity contribution in [3.05, 3.63) is 35.4 Å². The van der Waals surface area contributed by atoms with E-state index in [9.17, 15) is 4.79 Å². The molecule has 3 heteroatoms. The van der Waals surface area contributed by atoms with Crippen molar-refractivity contribution in [3.63, 3.8) is 0 Å². The van der Waals surface area contributed by atoms with E-state index in [0.29, 0.717) is 12.2 Å². The van der Waals surface area contributed by atoms with E-state index in [1.165, 1.54) is 0 Å². The Hall–Kier alpha value is -1.35. The average molecular weight is 208 g/mol. The topological polar surface area (TPSA) is 35.5 Å². The molecule has 1 aromatic rings. The first-order valence-corrected chi connectivity index (χ1v) is 4.90. The number of ether oxygens (including phenoxy) is 2. The van der Waals surface area contributed by atoms with E-state index in [-0.39, 0.29) is 12.1 Å². The van der Waals surface area contributed by atoms with E-state index >= 15 is 0 Å². The van der Waals surface area contributed by atoms with Crippen molar-refractivity contribution in [1.29, 1.82) is 0 Å². The molecule has 1 atom stereocenters. The molecule has 0 aliphatic carbocycles. The zero-order valence-electron chi connectivity index (χ0n) is 9.32.